The fourth-order valence-corrected chi connectivity index (χ4v) is 3.69. The summed E-state index contributed by atoms with van der Waals surface area (Å²) in [4.78, 5) is 0. The number of rotatable bonds is 3. The van der Waals surface area contributed by atoms with Crippen molar-refractivity contribution in [3.63, 3.8) is 0 Å². The van der Waals surface area contributed by atoms with E-state index in [4.69, 9.17) is 4.74 Å². The maximum atomic E-state index is 5.79. The molecule has 0 aromatic heterocycles. The predicted octanol–water partition coefficient (Wildman–Crippen LogP) is 3.91. The summed E-state index contributed by atoms with van der Waals surface area (Å²) >= 11 is 0. The average Bonchev–Trinajstić information content (AvgIpc) is 2.85. The van der Waals surface area contributed by atoms with Gasteiger partial charge >= 0.3 is 0 Å². The maximum Gasteiger partial charge on any atom is 0.0551 e. The summed E-state index contributed by atoms with van der Waals surface area (Å²) < 4.78 is 5.79. The molecule has 3 unspecified atom stereocenters. The zero-order valence-electron chi connectivity index (χ0n) is 14.1. The largest absolute Gasteiger partial charge is 0.378 e. The third-order valence-electron chi connectivity index (χ3n) is 5.38. The van der Waals surface area contributed by atoms with Crippen LogP contribution in [0.2, 0.25) is 0 Å². The number of hydrogen-bond acceptors (Lipinski definition) is 2. The molecule has 0 radical (unpaired) electrons. The van der Waals surface area contributed by atoms with E-state index >= 15 is 0 Å². The van der Waals surface area contributed by atoms with Gasteiger partial charge in [0.05, 0.1) is 12.7 Å². The van der Waals surface area contributed by atoms with Crippen LogP contribution >= 0.6 is 0 Å². The van der Waals surface area contributed by atoms with Gasteiger partial charge in [-0.2, -0.15) is 0 Å². The first kappa shape index (κ1) is 15.5. The molecule has 0 bridgehead atoms. The first-order valence-corrected chi connectivity index (χ1v) is 7.74. The Morgan fingerprint density at radius 2 is 1.45 bits per heavy atom. The molecule has 0 amide bonds. The fourth-order valence-electron chi connectivity index (χ4n) is 3.69. The van der Waals surface area contributed by atoms with Crippen LogP contribution < -0.4 is 5.32 Å². The van der Waals surface area contributed by atoms with Crippen LogP contribution in [0.25, 0.3) is 0 Å². The lowest BCUT2D eigenvalue weighted by atomic mass is 9.81. The first-order valence-electron chi connectivity index (χ1n) is 7.74. The molecule has 112 valence electrons. The van der Waals surface area contributed by atoms with Crippen molar-refractivity contribution in [3.8, 4) is 0 Å². The van der Waals surface area contributed by atoms with Gasteiger partial charge in [-0.25, -0.2) is 0 Å². The molecule has 2 heteroatoms. The van der Waals surface area contributed by atoms with Crippen molar-refractivity contribution < 1.29 is 4.74 Å². The highest BCUT2D eigenvalue weighted by Gasteiger charge is 2.32. The normalized spacial score (nSPS) is 24.1. The van der Waals surface area contributed by atoms with Crippen molar-refractivity contribution in [1.82, 2.24) is 5.32 Å². The van der Waals surface area contributed by atoms with Crippen LogP contribution in [-0.4, -0.2) is 19.8 Å². The van der Waals surface area contributed by atoms with E-state index < -0.39 is 0 Å². The van der Waals surface area contributed by atoms with E-state index in [-0.39, 0.29) is 0 Å². The molecule has 1 aromatic carbocycles. The zero-order valence-corrected chi connectivity index (χ0v) is 14.1. The Labute approximate surface area is 123 Å². The fraction of sp³-hybridized carbons (Fsp3) is 0.667. The van der Waals surface area contributed by atoms with Crippen molar-refractivity contribution in [1.29, 1.82) is 0 Å². The quantitative estimate of drug-likeness (QED) is 0.903. The molecule has 2 rings (SSSR count). The molecule has 1 N–H and O–H groups in total. The Kier molecular flexibility index (Phi) is 4.55. The molecule has 0 saturated carbocycles. The minimum absolute atomic E-state index is 0.393. The first-order chi connectivity index (χ1) is 9.38. The number of nitrogens with one attached hydrogen (secondary N) is 1. The van der Waals surface area contributed by atoms with E-state index in [2.05, 4.69) is 53.9 Å². The van der Waals surface area contributed by atoms with E-state index in [9.17, 15) is 0 Å². The van der Waals surface area contributed by atoms with Gasteiger partial charge in [0.25, 0.3) is 0 Å². The summed E-state index contributed by atoms with van der Waals surface area (Å²) in [6.45, 7) is 14.3. The predicted molar refractivity (Wildman–Crippen MR) is 85.4 cm³/mol. The van der Waals surface area contributed by atoms with Gasteiger partial charge in [-0.3, -0.25) is 0 Å². The van der Waals surface area contributed by atoms with E-state index in [0.29, 0.717) is 18.1 Å². The number of ether oxygens (including phenoxy) is 1. The van der Waals surface area contributed by atoms with Crippen LogP contribution in [0.15, 0.2) is 0 Å². The second-order valence-corrected chi connectivity index (χ2v) is 6.44. The average molecular weight is 275 g/mol. The lowest BCUT2D eigenvalue weighted by Crippen LogP contribution is -2.28. The molecular formula is C18H29NO. The van der Waals surface area contributed by atoms with Gasteiger partial charge in [0.1, 0.15) is 0 Å². The Bertz CT molecular complexity index is 478. The monoisotopic (exact) mass is 275 g/mol. The highest BCUT2D eigenvalue weighted by molar-refractivity contribution is 5.51. The maximum absolute atomic E-state index is 5.79. The van der Waals surface area contributed by atoms with Crippen LogP contribution in [0, 0.1) is 40.5 Å². The smallest absolute Gasteiger partial charge is 0.0551 e. The van der Waals surface area contributed by atoms with Crippen molar-refractivity contribution in [2.45, 2.75) is 60.1 Å². The topological polar surface area (TPSA) is 21.3 Å². The van der Waals surface area contributed by atoms with Gasteiger partial charge in [0.2, 0.25) is 0 Å². The van der Waals surface area contributed by atoms with Crippen LogP contribution in [0.5, 0.6) is 0 Å². The van der Waals surface area contributed by atoms with E-state index in [1.54, 1.807) is 0 Å². The molecule has 0 aliphatic carbocycles. The lowest BCUT2D eigenvalue weighted by Gasteiger charge is -2.29. The molecule has 1 aliphatic heterocycles. The van der Waals surface area contributed by atoms with Crippen LogP contribution in [0.3, 0.4) is 0 Å². The second kappa shape index (κ2) is 5.87. The van der Waals surface area contributed by atoms with Gasteiger partial charge in [0, 0.05) is 12.0 Å². The molecule has 3 atom stereocenters. The van der Waals surface area contributed by atoms with Gasteiger partial charge in [0.15, 0.2) is 0 Å². The summed E-state index contributed by atoms with van der Waals surface area (Å²) in [5, 5.41) is 3.56. The molecule has 0 spiro atoms. The molecule has 1 aromatic rings. The molecule has 2 nitrogen and oxygen atoms in total. The number of benzene rings is 1. The number of hydrogen-bond donors (Lipinski definition) is 1. The van der Waals surface area contributed by atoms with E-state index in [1.165, 1.54) is 33.4 Å². The second-order valence-electron chi connectivity index (χ2n) is 6.44. The van der Waals surface area contributed by atoms with Crippen molar-refractivity contribution in [2.75, 3.05) is 13.7 Å². The minimum atomic E-state index is 0.393. The van der Waals surface area contributed by atoms with Crippen LogP contribution in [0.1, 0.15) is 52.8 Å². The SMILES string of the molecule is CNC(c1c(C)c(C)c(C)c(C)c1C)C1COC(C)C1. The summed E-state index contributed by atoms with van der Waals surface area (Å²) in [7, 11) is 2.08. The summed E-state index contributed by atoms with van der Waals surface area (Å²) in [6, 6.07) is 0.401. The Morgan fingerprint density at radius 3 is 1.85 bits per heavy atom. The van der Waals surface area contributed by atoms with Gasteiger partial charge in [-0.05, 0) is 88.4 Å². The molecule has 1 aliphatic rings. The van der Waals surface area contributed by atoms with Crippen LogP contribution in [-0.2, 0) is 4.74 Å². The summed E-state index contributed by atoms with van der Waals surface area (Å²) in [5.41, 5.74) is 8.71. The van der Waals surface area contributed by atoms with Crippen molar-refractivity contribution in [2.24, 2.45) is 5.92 Å². The zero-order chi connectivity index (χ0) is 15.0. The Hall–Kier alpha value is -0.860. The van der Waals surface area contributed by atoms with Crippen molar-refractivity contribution >= 4 is 0 Å². The summed E-state index contributed by atoms with van der Waals surface area (Å²) in [6.07, 6.45) is 1.54. The van der Waals surface area contributed by atoms with E-state index in [1.807, 2.05) is 0 Å². The highest BCUT2D eigenvalue weighted by atomic mass is 16.5. The Morgan fingerprint density at radius 1 is 0.950 bits per heavy atom. The Balaban J connectivity index is 2.50. The highest BCUT2D eigenvalue weighted by Crippen LogP contribution is 2.37. The molecule has 20 heavy (non-hydrogen) atoms. The molecule has 1 fully saturated rings. The molecule has 1 saturated heterocycles. The molecular weight excluding hydrogens is 246 g/mol. The van der Waals surface area contributed by atoms with Gasteiger partial charge < -0.3 is 10.1 Å². The molecule has 1 heterocycles. The lowest BCUT2D eigenvalue weighted by molar-refractivity contribution is 0.117. The van der Waals surface area contributed by atoms with Crippen LogP contribution in [0.4, 0.5) is 0 Å². The minimum Gasteiger partial charge on any atom is -0.378 e. The third-order valence-corrected chi connectivity index (χ3v) is 5.38. The summed E-state index contributed by atoms with van der Waals surface area (Å²) in [5.74, 6) is 0.578. The third kappa shape index (κ3) is 2.51. The van der Waals surface area contributed by atoms with E-state index in [0.717, 1.165) is 13.0 Å². The van der Waals surface area contributed by atoms with Crippen molar-refractivity contribution in [3.05, 3.63) is 33.4 Å². The standard InChI is InChI=1S/C18H29NO/c1-10-8-16(9-20-10)18(19-7)17-14(5)12(3)11(2)13(4)15(17)6/h10,16,18-19H,8-9H2,1-7H3. The van der Waals surface area contributed by atoms with Gasteiger partial charge in [-0.1, -0.05) is 0 Å². The van der Waals surface area contributed by atoms with Gasteiger partial charge in [-0.15, -0.1) is 0 Å².